The summed E-state index contributed by atoms with van der Waals surface area (Å²) in [6.45, 7) is 6.56. The van der Waals surface area contributed by atoms with E-state index in [0.29, 0.717) is 0 Å². The summed E-state index contributed by atoms with van der Waals surface area (Å²) in [6, 6.07) is -0.481. The number of carbonyl (C=O) groups is 1. The molecule has 0 aromatic rings. The third-order valence-corrected chi connectivity index (χ3v) is 1.19. The molecule has 0 aliphatic carbocycles. The summed E-state index contributed by atoms with van der Waals surface area (Å²) in [4.78, 5) is 25.1. The van der Waals surface area contributed by atoms with E-state index in [9.17, 15) is 14.9 Å². The molecule has 0 aliphatic heterocycles. The minimum Gasteiger partial charge on any atom is -0.444 e. The monoisotopic (exact) mass is 220 g/mol. The standard InChI is InChI=1S/C8H16N2O5/c1-6(5-14-10(12)13)9-7(11)15-8(2,3)4/h6H,5H2,1-4H3,(H,9,11)/t6-/m0/s1. The van der Waals surface area contributed by atoms with Crippen molar-refractivity contribution in [2.75, 3.05) is 6.61 Å². The molecule has 0 aliphatic rings. The van der Waals surface area contributed by atoms with Gasteiger partial charge in [-0.1, -0.05) is 0 Å². The highest BCUT2D eigenvalue weighted by atomic mass is 16.9. The number of rotatable bonds is 4. The van der Waals surface area contributed by atoms with E-state index in [0.717, 1.165) is 0 Å². The summed E-state index contributed by atoms with van der Waals surface area (Å²) in [5, 5.41) is 11.3. The molecule has 1 amide bonds. The largest absolute Gasteiger partial charge is 0.444 e. The summed E-state index contributed by atoms with van der Waals surface area (Å²) in [5.74, 6) is 0. The van der Waals surface area contributed by atoms with Crippen molar-refractivity contribution >= 4 is 6.09 Å². The zero-order valence-electron chi connectivity index (χ0n) is 9.27. The van der Waals surface area contributed by atoms with Crippen molar-refractivity contribution in [3.05, 3.63) is 10.1 Å². The van der Waals surface area contributed by atoms with E-state index in [1.165, 1.54) is 0 Å². The summed E-state index contributed by atoms with van der Waals surface area (Å²) < 4.78 is 4.94. The molecule has 0 bridgehead atoms. The first-order valence-corrected chi connectivity index (χ1v) is 4.47. The molecular formula is C8H16N2O5. The lowest BCUT2D eigenvalue weighted by atomic mass is 10.2. The van der Waals surface area contributed by atoms with Gasteiger partial charge in [0.25, 0.3) is 5.09 Å². The van der Waals surface area contributed by atoms with E-state index in [4.69, 9.17) is 4.74 Å². The average molecular weight is 220 g/mol. The van der Waals surface area contributed by atoms with E-state index < -0.39 is 22.8 Å². The molecule has 7 nitrogen and oxygen atoms in total. The number of carbonyl (C=O) groups excluding carboxylic acids is 1. The number of nitrogens with one attached hydrogen (secondary N) is 1. The molecule has 0 aromatic heterocycles. The Bertz CT molecular complexity index is 236. The van der Waals surface area contributed by atoms with Gasteiger partial charge in [-0.15, -0.1) is 10.1 Å². The van der Waals surface area contributed by atoms with E-state index in [1.807, 2.05) is 0 Å². The second kappa shape index (κ2) is 5.38. The Kier molecular flexibility index (Phi) is 4.83. The average Bonchev–Trinajstić information content (AvgIpc) is 1.96. The van der Waals surface area contributed by atoms with Gasteiger partial charge in [0.1, 0.15) is 12.2 Å². The maximum absolute atomic E-state index is 11.2. The lowest BCUT2D eigenvalue weighted by Gasteiger charge is -2.21. The van der Waals surface area contributed by atoms with Crippen LogP contribution in [0.4, 0.5) is 4.79 Å². The van der Waals surface area contributed by atoms with E-state index in [2.05, 4.69) is 10.2 Å². The van der Waals surface area contributed by atoms with Crippen molar-refractivity contribution in [2.45, 2.75) is 39.3 Å². The molecule has 1 atom stereocenters. The molecule has 0 aromatic carbocycles. The van der Waals surface area contributed by atoms with Crippen LogP contribution in [-0.4, -0.2) is 29.4 Å². The fourth-order valence-electron chi connectivity index (χ4n) is 0.723. The maximum atomic E-state index is 11.2. The Hall–Kier alpha value is -1.53. The van der Waals surface area contributed by atoms with Crippen LogP contribution in [0.3, 0.4) is 0 Å². The molecule has 1 N–H and O–H groups in total. The molecule has 0 spiro atoms. The van der Waals surface area contributed by atoms with Gasteiger partial charge in [-0.25, -0.2) is 4.79 Å². The fraction of sp³-hybridized carbons (Fsp3) is 0.875. The first-order chi connectivity index (χ1) is 6.70. The third kappa shape index (κ3) is 8.79. The van der Waals surface area contributed by atoms with Crippen LogP contribution in [0.25, 0.3) is 0 Å². The predicted molar refractivity (Wildman–Crippen MR) is 51.8 cm³/mol. The fourth-order valence-corrected chi connectivity index (χ4v) is 0.723. The van der Waals surface area contributed by atoms with Crippen molar-refractivity contribution in [3.8, 4) is 0 Å². The summed E-state index contributed by atoms with van der Waals surface area (Å²) in [7, 11) is 0. The minimum absolute atomic E-state index is 0.202. The Balaban J connectivity index is 3.81. The van der Waals surface area contributed by atoms with Gasteiger partial charge in [-0.2, -0.15) is 0 Å². The lowest BCUT2D eigenvalue weighted by molar-refractivity contribution is -0.758. The topological polar surface area (TPSA) is 90.7 Å². The zero-order chi connectivity index (χ0) is 12.1. The van der Waals surface area contributed by atoms with Gasteiger partial charge in [0.15, 0.2) is 0 Å². The number of amides is 1. The molecule has 0 radical (unpaired) electrons. The minimum atomic E-state index is -0.909. The molecule has 88 valence electrons. The molecule has 0 saturated carbocycles. The van der Waals surface area contributed by atoms with Crippen LogP contribution in [0.5, 0.6) is 0 Å². The Morgan fingerprint density at radius 2 is 2.07 bits per heavy atom. The van der Waals surface area contributed by atoms with Gasteiger partial charge in [0.05, 0.1) is 6.04 Å². The Labute approximate surface area is 87.8 Å². The predicted octanol–water partition coefficient (Wildman–Crippen LogP) is 1.11. The smallest absolute Gasteiger partial charge is 0.407 e. The van der Waals surface area contributed by atoms with E-state index >= 15 is 0 Å². The number of hydrogen-bond acceptors (Lipinski definition) is 5. The van der Waals surface area contributed by atoms with Gasteiger partial charge < -0.3 is 14.9 Å². The summed E-state index contributed by atoms with van der Waals surface area (Å²) in [6.07, 6.45) is -0.623. The van der Waals surface area contributed by atoms with Gasteiger partial charge >= 0.3 is 6.09 Å². The van der Waals surface area contributed by atoms with E-state index in [1.54, 1.807) is 27.7 Å². The Morgan fingerprint density at radius 1 is 1.53 bits per heavy atom. The van der Waals surface area contributed by atoms with Crippen LogP contribution in [0, 0.1) is 10.1 Å². The second-order valence-electron chi connectivity index (χ2n) is 4.07. The highest BCUT2D eigenvalue weighted by molar-refractivity contribution is 5.68. The normalized spacial score (nSPS) is 12.8. The van der Waals surface area contributed by atoms with Crippen molar-refractivity contribution in [3.63, 3.8) is 0 Å². The van der Waals surface area contributed by atoms with Crippen LogP contribution < -0.4 is 5.32 Å². The first kappa shape index (κ1) is 13.5. The number of ether oxygens (including phenoxy) is 1. The van der Waals surface area contributed by atoms with Crippen molar-refractivity contribution in [1.82, 2.24) is 5.32 Å². The molecule has 0 unspecified atom stereocenters. The molecule has 0 rings (SSSR count). The molecular weight excluding hydrogens is 204 g/mol. The summed E-state index contributed by atoms with van der Waals surface area (Å²) in [5.41, 5.74) is -0.590. The lowest BCUT2D eigenvalue weighted by Crippen LogP contribution is -2.40. The van der Waals surface area contributed by atoms with Crippen molar-refractivity contribution in [1.29, 1.82) is 0 Å². The summed E-state index contributed by atoms with van der Waals surface area (Å²) >= 11 is 0. The number of nitrogens with zero attached hydrogens (tertiary/aromatic N) is 1. The maximum Gasteiger partial charge on any atom is 0.407 e. The van der Waals surface area contributed by atoms with E-state index in [-0.39, 0.29) is 6.61 Å². The molecule has 0 fully saturated rings. The van der Waals surface area contributed by atoms with Crippen molar-refractivity contribution in [2.24, 2.45) is 0 Å². The van der Waals surface area contributed by atoms with Gasteiger partial charge in [0.2, 0.25) is 0 Å². The highest BCUT2D eigenvalue weighted by Crippen LogP contribution is 2.06. The van der Waals surface area contributed by atoms with Crippen molar-refractivity contribution < 1.29 is 19.5 Å². The Morgan fingerprint density at radius 3 is 2.47 bits per heavy atom. The zero-order valence-corrected chi connectivity index (χ0v) is 9.27. The third-order valence-electron chi connectivity index (χ3n) is 1.19. The van der Waals surface area contributed by atoms with Crippen LogP contribution in [0.15, 0.2) is 0 Å². The molecule has 7 heteroatoms. The number of alkyl carbamates (subject to hydrolysis) is 1. The van der Waals surface area contributed by atoms with Gasteiger partial charge in [-0.05, 0) is 27.7 Å². The van der Waals surface area contributed by atoms with Crippen LogP contribution >= 0.6 is 0 Å². The van der Waals surface area contributed by atoms with Gasteiger partial charge in [0, 0.05) is 0 Å². The van der Waals surface area contributed by atoms with Gasteiger partial charge in [-0.3, -0.25) is 0 Å². The first-order valence-electron chi connectivity index (χ1n) is 4.47. The molecule has 0 saturated heterocycles. The molecule has 15 heavy (non-hydrogen) atoms. The highest BCUT2D eigenvalue weighted by Gasteiger charge is 2.17. The van der Waals surface area contributed by atoms with Crippen LogP contribution in [-0.2, 0) is 9.57 Å². The van der Waals surface area contributed by atoms with Crippen LogP contribution in [0.2, 0.25) is 0 Å². The van der Waals surface area contributed by atoms with Crippen LogP contribution in [0.1, 0.15) is 27.7 Å². The second-order valence-corrected chi connectivity index (χ2v) is 4.07. The SMILES string of the molecule is C[C@@H](CO[N+](=O)[O-])NC(=O)OC(C)(C)C. The quantitative estimate of drug-likeness (QED) is 0.566. The number of hydrogen-bond donors (Lipinski definition) is 1. The molecule has 0 heterocycles.